The van der Waals surface area contributed by atoms with E-state index >= 15 is 14.4 Å². The van der Waals surface area contributed by atoms with Gasteiger partial charge in [0.1, 0.15) is 59.9 Å². The van der Waals surface area contributed by atoms with Crippen molar-refractivity contribution in [2.24, 2.45) is 29.6 Å². The minimum Gasteiger partial charge on any atom is -0.343 e. The Hall–Kier alpha value is -6.49. The molecule has 554 valence electrons. The first-order valence-corrected chi connectivity index (χ1v) is 35.3. The van der Waals surface area contributed by atoms with Gasteiger partial charge in [-0.25, -0.2) is 0 Å². The molecule has 0 aromatic carbocycles. The van der Waals surface area contributed by atoms with Crippen molar-refractivity contribution in [1.82, 2.24) is 60.0 Å². The summed E-state index contributed by atoms with van der Waals surface area (Å²) in [4.78, 5) is 187. The van der Waals surface area contributed by atoms with Crippen molar-refractivity contribution in [2.45, 2.75) is 248 Å². The first-order valence-electron chi connectivity index (χ1n) is 34.8. The van der Waals surface area contributed by atoms with Crippen LogP contribution in [0.1, 0.15) is 170 Å². The third-order valence-electron chi connectivity index (χ3n) is 21.4. The number of amides is 12. The lowest BCUT2D eigenvalue weighted by molar-refractivity contribution is -0.182. The lowest BCUT2D eigenvalue weighted by Crippen LogP contribution is -2.65. The van der Waals surface area contributed by atoms with Crippen LogP contribution >= 0.6 is 11.6 Å². The maximum Gasteiger partial charge on any atom is 0.393 e. The van der Waals surface area contributed by atoms with Crippen LogP contribution < -0.4 is 16.0 Å². The van der Waals surface area contributed by atoms with Gasteiger partial charge in [0.15, 0.2) is 0 Å². The van der Waals surface area contributed by atoms with E-state index in [9.17, 15) is 69.5 Å². The van der Waals surface area contributed by atoms with E-state index < -0.39 is 192 Å². The molecule has 31 heteroatoms. The van der Waals surface area contributed by atoms with Gasteiger partial charge >= 0.3 is 12.4 Å². The van der Waals surface area contributed by atoms with Gasteiger partial charge in [-0.3, -0.25) is 57.5 Å². The number of rotatable bonds is 10. The molecule has 24 nitrogen and oxygen atoms in total. The Morgan fingerprint density at radius 2 is 1.24 bits per heavy atom. The molecule has 13 atom stereocenters. The van der Waals surface area contributed by atoms with Crippen molar-refractivity contribution in [3.8, 4) is 0 Å². The molecule has 6 rings (SSSR count). The maximum atomic E-state index is 15.4. The number of piperidine rings is 1. The summed E-state index contributed by atoms with van der Waals surface area (Å²) >= 11 is 6.31. The molecule has 0 radical (unpaired) electrons. The molecule has 2 saturated carbocycles. The Kier molecular flexibility index (Phi) is 27.7. The minimum atomic E-state index is -5.08. The van der Waals surface area contributed by atoms with Crippen LogP contribution in [0.2, 0.25) is 0 Å². The third kappa shape index (κ3) is 19.1. The minimum absolute atomic E-state index is 0.0432. The zero-order valence-corrected chi connectivity index (χ0v) is 60.0. The molecule has 1 spiro atoms. The quantitative estimate of drug-likeness (QED) is 0.191. The lowest BCUT2D eigenvalue weighted by atomic mass is 9.78. The van der Waals surface area contributed by atoms with Crippen LogP contribution in [0.3, 0.4) is 0 Å². The van der Waals surface area contributed by atoms with Crippen molar-refractivity contribution in [3.63, 3.8) is 0 Å². The van der Waals surface area contributed by atoms with Crippen LogP contribution in [-0.2, 0) is 57.5 Å². The Labute approximate surface area is 577 Å². The van der Waals surface area contributed by atoms with Crippen LogP contribution in [0.25, 0.3) is 0 Å². The SMILES string of the molecule is CC[C@H](C)[C@@H]1NC(=O)[C@H](CC(C)C)N(C)C(=O)C[C@@H](C(=O)N2CCCCC2)N(C)C(=O)[C@H](C(C)C)N(C)C(=O)C2(CCCC2)NC(=O)[C@@H]2CCCN2C(=O)[C@H](CCC2CCC(C(F)(F)F)C(Cl)C2)NC(=O)CN(C)C(=O)[C@H](CC(F)(F)F)N(C)C(=O)[C@@H]2CCN2C(=O)[C@H](C)N(C)C1=O. The summed E-state index contributed by atoms with van der Waals surface area (Å²) in [7, 11) is 7.42. The van der Waals surface area contributed by atoms with Gasteiger partial charge in [-0.05, 0) is 120 Å². The van der Waals surface area contributed by atoms with E-state index in [-0.39, 0.29) is 89.6 Å². The van der Waals surface area contributed by atoms with Gasteiger partial charge in [-0.1, -0.05) is 60.8 Å². The zero-order chi connectivity index (χ0) is 73.4. The van der Waals surface area contributed by atoms with Crippen LogP contribution in [-0.4, -0.2) is 268 Å². The molecular weight excluding hydrogens is 1310 g/mol. The number of likely N-dealkylation sites (N-methyl/N-ethyl adjacent to an activating group) is 6. The van der Waals surface area contributed by atoms with Gasteiger partial charge < -0.3 is 60.0 Å². The van der Waals surface area contributed by atoms with E-state index in [2.05, 4.69) is 16.0 Å². The number of likely N-dealkylation sites (tertiary alicyclic amines) is 1. The van der Waals surface area contributed by atoms with Gasteiger partial charge in [0.25, 0.3) is 0 Å². The fourth-order valence-electron chi connectivity index (χ4n) is 14.9. The van der Waals surface area contributed by atoms with Crippen LogP contribution in [0.4, 0.5) is 26.3 Å². The topological polar surface area (TPSA) is 270 Å². The van der Waals surface area contributed by atoms with E-state index in [1.165, 1.54) is 49.8 Å². The van der Waals surface area contributed by atoms with Gasteiger partial charge in [-0.15, -0.1) is 11.6 Å². The van der Waals surface area contributed by atoms with E-state index in [0.717, 1.165) is 35.2 Å². The standard InChI is InChI=1S/C67H105ClF6N12O12/c1-14-40(6)53-62(96)79(9)41(7)57(91)86-32-26-47(86)60(94)82(12)50(36-66(69,70)71)59(93)78(8)37-51(87)75-45(25-23-42-22-24-43(44(68)34-42)67(72,73)74)58(92)85-31-20-21-46(85)56(90)77-65(27-16-17-28-65)64(98)83(13)54(39(4)5)63(97)81(11)49(61(95)84-29-18-15-19-30-84)35-52(88)80(10)48(33-38(2)3)55(89)76-53/h38-50,53-54H,14-37H2,1-13H3,(H,75,87)(H,76,89)(H,77,90)/t40-,41-,42?,43?,44?,45-,46-,47-,48-,49-,50-,53-,54-/m0/s1. The molecule has 2 aliphatic carbocycles. The first-order chi connectivity index (χ1) is 45.7. The average Bonchev–Trinajstić information content (AvgIpc) is 1.36. The largest absolute Gasteiger partial charge is 0.393 e. The van der Waals surface area contributed by atoms with Crippen LogP contribution in [0.5, 0.6) is 0 Å². The third-order valence-corrected chi connectivity index (χ3v) is 21.9. The molecule has 0 bridgehead atoms. The molecule has 6 fully saturated rings. The number of alkyl halides is 7. The van der Waals surface area contributed by atoms with E-state index in [4.69, 9.17) is 11.6 Å². The lowest BCUT2D eigenvalue weighted by Gasteiger charge is -2.45. The van der Waals surface area contributed by atoms with Crippen molar-refractivity contribution >= 4 is 82.5 Å². The summed E-state index contributed by atoms with van der Waals surface area (Å²) in [6, 6.07) is -13.2. The summed E-state index contributed by atoms with van der Waals surface area (Å²) in [5.41, 5.74) is -1.64. The maximum absolute atomic E-state index is 15.4. The molecule has 3 N–H and O–H groups in total. The number of halogens is 7. The fourth-order valence-corrected chi connectivity index (χ4v) is 15.5. The Balaban J connectivity index is 1.42. The molecule has 4 aliphatic heterocycles. The number of fused-ring (bicyclic) bond motifs is 2. The highest BCUT2D eigenvalue weighted by atomic mass is 35.5. The summed E-state index contributed by atoms with van der Waals surface area (Å²) in [6.07, 6.45) is -8.77. The second-order valence-electron chi connectivity index (χ2n) is 29.1. The first kappa shape index (κ1) is 80.5. The van der Waals surface area contributed by atoms with Gasteiger partial charge in [-0.2, -0.15) is 26.3 Å². The summed E-state index contributed by atoms with van der Waals surface area (Å²) in [5.74, 6) is -13.7. The second kappa shape index (κ2) is 33.8. The van der Waals surface area contributed by atoms with E-state index in [1.807, 2.05) is 13.8 Å². The number of nitrogens with one attached hydrogen (secondary N) is 3. The average molecular weight is 1420 g/mol. The monoisotopic (exact) mass is 1420 g/mol. The molecule has 0 aromatic heterocycles. The predicted molar refractivity (Wildman–Crippen MR) is 349 cm³/mol. The Morgan fingerprint density at radius 1 is 0.622 bits per heavy atom. The normalized spacial score (nSPS) is 30.4. The predicted octanol–water partition coefficient (Wildman–Crippen LogP) is 5.07. The number of nitrogens with zero attached hydrogens (tertiary/aromatic N) is 9. The van der Waals surface area contributed by atoms with Crippen molar-refractivity contribution in [3.05, 3.63) is 0 Å². The molecule has 0 aromatic rings. The molecular formula is C67H105ClF6N12O12. The Morgan fingerprint density at radius 3 is 1.80 bits per heavy atom. The Bertz CT molecular complexity index is 2910. The fraction of sp³-hybridized carbons (Fsp3) is 0.821. The van der Waals surface area contributed by atoms with Crippen molar-refractivity contribution in [2.75, 3.05) is 75.0 Å². The van der Waals surface area contributed by atoms with Crippen molar-refractivity contribution in [1.29, 1.82) is 0 Å². The number of hydrogen-bond acceptors (Lipinski definition) is 12. The summed E-state index contributed by atoms with van der Waals surface area (Å²) in [5, 5.41) is 7.07. The summed E-state index contributed by atoms with van der Waals surface area (Å²) in [6.45, 7) is 11.4. The van der Waals surface area contributed by atoms with E-state index in [1.54, 1.807) is 32.6 Å². The molecule has 12 amide bonds. The second-order valence-corrected chi connectivity index (χ2v) is 29.7. The smallest absolute Gasteiger partial charge is 0.343 e. The molecule has 4 saturated heterocycles. The number of hydrogen-bond donors (Lipinski definition) is 3. The highest BCUT2D eigenvalue weighted by Gasteiger charge is 2.53. The van der Waals surface area contributed by atoms with Gasteiger partial charge in [0, 0.05) is 73.8 Å². The molecule has 6 aliphatic rings. The molecule has 4 heterocycles. The number of carbonyl (C=O) groups is 12. The van der Waals surface area contributed by atoms with Gasteiger partial charge in [0.2, 0.25) is 70.9 Å². The van der Waals surface area contributed by atoms with Crippen LogP contribution in [0.15, 0.2) is 0 Å². The van der Waals surface area contributed by atoms with Gasteiger partial charge in [0.05, 0.1) is 25.3 Å². The molecule has 98 heavy (non-hydrogen) atoms. The van der Waals surface area contributed by atoms with E-state index in [0.29, 0.717) is 55.0 Å². The zero-order valence-electron chi connectivity index (χ0n) is 59.2. The summed E-state index contributed by atoms with van der Waals surface area (Å²) < 4.78 is 85.4. The van der Waals surface area contributed by atoms with Crippen molar-refractivity contribution < 1.29 is 83.9 Å². The molecule has 3 unspecified atom stereocenters. The highest BCUT2D eigenvalue weighted by molar-refractivity contribution is 6.21. The van der Waals surface area contributed by atoms with Crippen LogP contribution in [0, 0.1) is 29.6 Å². The highest BCUT2D eigenvalue weighted by Crippen LogP contribution is 2.44. The number of carbonyl (C=O) groups excluding carboxylic acids is 12.